The number of benzene rings is 1. The molecule has 3 rings (SSSR count). The summed E-state index contributed by atoms with van der Waals surface area (Å²) in [5.41, 5.74) is 1.86. The summed E-state index contributed by atoms with van der Waals surface area (Å²) in [6.07, 6.45) is 5.30. The average Bonchev–Trinajstić information content (AvgIpc) is 2.70. The standard InChI is InChI=1S/C20H31BrN4O3S/c1-16-8-9-19(18(21)14-16)22-20(26)15-24-10-12-25(13-11-24)29(27,28)23(2)17-6-4-3-5-7-17/h8-9,14,17H,3-7,10-13,15H2,1-2H3,(H,22,26). The Bertz CT molecular complexity index is 819. The third-order valence-corrected chi connectivity index (χ3v) is 8.58. The Labute approximate surface area is 182 Å². The number of anilines is 1. The van der Waals surface area contributed by atoms with Crippen LogP contribution in [0.1, 0.15) is 37.7 Å². The van der Waals surface area contributed by atoms with Gasteiger partial charge in [-0.3, -0.25) is 9.69 Å². The zero-order chi connectivity index (χ0) is 21.0. The van der Waals surface area contributed by atoms with Crippen molar-refractivity contribution in [2.24, 2.45) is 0 Å². The highest BCUT2D eigenvalue weighted by Gasteiger charge is 2.34. The molecule has 1 amide bonds. The Kier molecular flexibility index (Phi) is 7.72. The molecule has 1 aromatic carbocycles. The molecule has 0 spiro atoms. The molecule has 1 saturated heterocycles. The highest BCUT2D eigenvalue weighted by molar-refractivity contribution is 9.10. The lowest BCUT2D eigenvalue weighted by Gasteiger charge is -2.38. The molecule has 1 heterocycles. The second-order valence-electron chi connectivity index (χ2n) is 8.02. The fourth-order valence-corrected chi connectivity index (χ4v) is 6.22. The predicted molar refractivity (Wildman–Crippen MR) is 119 cm³/mol. The monoisotopic (exact) mass is 486 g/mol. The SMILES string of the molecule is Cc1ccc(NC(=O)CN2CCN(S(=O)(=O)N(C)C3CCCCC3)CC2)c(Br)c1. The summed E-state index contributed by atoms with van der Waals surface area (Å²) in [5, 5.41) is 2.92. The summed E-state index contributed by atoms with van der Waals surface area (Å²) < 4.78 is 29.9. The van der Waals surface area contributed by atoms with Gasteiger partial charge in [0.2, 0.25) is 5.91 Å². The first-order valence-electron chi connectivity index (χ1n) is 10.3. The van der Waals surface area contributed by atoms with E-state index in [-0.39, 0.29) is 18.5 Å². The van der Waals surface area contributed by atoms with Gasteiger partial charge in [-0.15, -0.1) is 0 Å². The van der Waals surface area contributed by atoms with E-state index < -0.39 is 10.2 Å². The van der Waals surface area contributed by atoms with E-state index in [2.05, 4.69) is 21.2 Å². The number of amides is 1. The molecule has 2 aliphatic rings. The molecule has 0 aromatic heterocycles. The summed E-state index contributed by atoms with van der Waals surface area (Å²) >= 11 is 3.47. The van der Waals surface area contributed by atoms with Crippen LogP contribution in [0.4, 0.5) is 5.69 Å². The second kappa shape index (κ2) is 9.87. The van der Waals surface area contributed by atoms with Crippen molar-refractivity contribution in [1.29, 1.82) is 0 Å². The molecule has 1 aliphatic carbocycles. The molecule has 1 aliphatic heterocycles. The molecule has 2 fully saturated rings. The van der Waals surface area contributed by atoms with Crippen LogP contribution in [0.15, 0.2) is 22.7 Å². The van der Waals surface area contributed by atoms with Gasteiger partial charge in [0, 0.05) is 43.7 Å². The van der Waals surface area contributed by atoms with E-state index in [1.54, 1.807) is 15.7 Å². The van der Waals surface area contributed by atoms with Gasteiger partial charge in [-0.2, -0.15) is 17.0 Å². The van der Waals surface area contributed by atoms with Crippen molar-refractivity contribution in [2.75, 3.05) is 45.1 Å². The van der Waals surface area contributed by atoms with Crippen molar-refractivity contribution >= 4 is 37.7 Å². The Hall–Kier alpha value is -1.00. The zero-order valence-electron chi connectivity index (χ0n) is 17.2. The molecule has 1 aromatic rings. The van der Waals surface area contributed by atoms with Crippen molar-refractivity contribution in [2.45, 2.75) is 45.1 Å². The lowest BCUT2D eigenvalue weighted by Crippen LogP contribution is -2.55. The smallest absolute Gasteiger partial charge is 0.282 e. The fraction of sp³-hybridized carbons (Fsp3) is 0.650. The maximum absolute atomic E-state index is 13.0. The maximum atomic E-state index is 13.0. The molecule has 1 saturated carbocycles. The van der Waals surface area contributed by atoms with Crippen molar-refractivity contribution in [3.63, 3.8) is 0 Å². The van der Waals surface area contributed by atoms with Crippen LogP contribution in [-0.2, 0) is 15.0 Å². The first-order chi connectivity index (χ1) is 13.8. The van der Waals surface area contributed by atoms with E-state index in [4.69, 9.17) is 0 Å². The minimum absolute atomic E-state index is 0.0924. The summed E-state index contributed by atoms with van der Waals surface area (Å²) in [6, 6.07) is 5.91. The first-order valence-corrected chi connectivity index (χ1v) is 12.5. The minimum atomic E-state index is -3.44. The molecule has 0 unspecified atom stereocenters. The largest absolute Gasteiger partial charge is 0.324 e. The van der Waals surface area contributed by atoms with Crippen LogP contribution in [-0.4, -0.2) is 73.6 Å². The summed E-state index contributed by atoms with van der Waals surface area (Å²) in [5.74, 6) is -0.0924. The van der Waals surface area contributed by atoms with Gasteiger partial charge in [0.25, 0.3) is 10.2 Å². The second-order valence-corrected chi connectivity index (χ2v) is 10.9. The topological polar surface area (TPSA) is 73.0 Å². The van der Waals surface area contributed by atoms with Crippen LogP contribution < -0.4 is 5.32 Å². The number of halogens is 1. The number of nitrogens with one attached hydrogen (secondary N) is 1. The van der Waals surface area contributed by atoms with E-state index in [9.17, 15) is 13.2 Å². The Morgan fingerprint density at radius 1 is 1.17 bits per heavy atom. The van der Waals surface area contributed by atoms with Gasteiger partial charge in [-0.1, -0.05) is 25.3 Å². The highest BCUT2D eigenvalue weighted by atomic mass is 79.9. The molecular weight excluding hydrogens is 456 g/mol. The van der Waals surface area contributed by atoms with Crippen molar-refractivity contribution in [3.05, 3.63) is 28.2 Å². The Morgan fingerprint density at radius 2 is 1.83 bits per heavy atom. The van der Waals surface area contributed by atoms with Gasteiger partial charge in [0.1, 0.15) is 0 Å². The van der Waals surface area contributed by atoms with Crippen molar-refractivity contribution in [3.8, 4) is 0 Å². The van der Waals surface area contributed by atoms with Gasteiger partial charge in [-0.05, 0) is 53.4 Å². The summed E-state index contributed by atoms with van der Waals surface area (Å²) in [7, 11) is -1.73. The normalized spacial score (nSPS) is 20.1. The zero-order valence-corrected chi connectivity index (χ0v) is 19.6. The molecule has 9 heteroatoms. The van der Waals surface area contributed by atoms with E-state index >= 15 is 0 Å². The van der Waals surface area contributed by atoms with Gasteiger partial charge < -0.3 is 5.32 Å². The fourth-order valence-electron chi connectivity index (χ4n) is 4.05. The van der Waals surface area contributed by atoms with Crippen LogP contribution in [0.2, 0.25) is 0 Å². The number of hydrogen-bond acceptors (Lipinski definition) is 4. The van der Waals surface area contributed by atoms with Gasteiger partial charge in [-0.25, -0.2) is 0 Å². The third kappa shape index (κ3) is 5.79. The average molecular weight is 487 g/mol. The lowest BCUT2D eigenvalue weighted by atomic mass is 9.96. The quantitative estimate of drug-likeness (QED) is 0.670. The number of aryl methyl sites for hydroxylation is 1. The number of piperazine rings is 1. The third-order valence-electron chi connectivity index (χ3n) is 5.88. The van der Waals surface area contributed by atoms with Crippen molar-refractivity contribution in [1.82, 2.24) is 13.5 Å². The maximum Gasteiger partial charge on any atom is 0.282 e. The van der Waals surface area contributed by atoms with Crippen molar-refractivity contribution < 1.29 is 13.2 Å². The number of rotatable bonds is 6. The number of nitrogens with zero attached hydrogens (tertiary/aromatic N) is 3. The molecule has 7 nitrogen and oxygen atoms in total. The Balaban J connectivity index is 1.50. The molecule has 162 valence electrons. The molecule has 0 atom stereocenters. The molecular formula is C20H31BrN4O3S. The van der Waals surface area contributed by atoms with E-state index in [1.165, 1.54) is 6.42 Å². The van der Waals surface area contributed by atoms with E-state index in [0.717, 1.165) is 41.4 Å². The Morgan fingerprint density at radius 3 is 2.45 bits per heavy atom. The number of carbonyl (C=O) groups excluding carboxylic acids is 1. The predicted octanol–water partition coefficient (Wildman–Crippen LogP) is 2.82. The molecule has 1 N–H and O–H groups in total. The van der Waals surface area contributed by atoms with Crippen LogP contribution in [0, 0.1) is 6.92 Å². The van der Waals surface area contributed by atoms with Crippen LogP contribution in [0.3, 0.4) is 0 Å². The van der Waals surface area contributed by atoms with Crippen LogP contribution >= 0.6 is 15.9 Å². The molecule has 29 heavy (non-hydrogen) atoms. The molecule has 0 radical (unpaired) electrons. The first kappa shape index (κ1) is 22.7. The minimum Gasteiger partial charge on any atom is -0.324 e. The highest BCUT2D eigenvalue weighted by Crippen LogP contribution is 2.25. The molecule has 0 bridgehead atoms. The van der Waals surface area contributed by atoms with Crippen LogP contribution in [0.5, 0.6) is 0 Å². The van der Waals surface area contributed by atoms with E-state index in [1.807, 2.05) is 30.0 Å². The van der Waals surface area contributed by atoms with Gasteiger partial charge in [0.05, 0.1) is 12.2 Å². The van der Waals surface area contributed by atoms with Gasteiger partial charge in [0.15, 0.2) is 0 Å². The summed E-state index contributed by atoms with van der Waals surface area (Å²) in [6.45, 7) is 4.20. The summed E-state index contributed by atoms with van der Waals surface area (Å²) in [4.78, 5) is 14.4. The number of carbonyl (C=O) groups is 1. The van der Waals surface area contributed by atoms with E-state index in [0.29, 0.717) is 26.2 Å². The van der Waals surface area contributed by atoms with Crippen LogP contribution in [0.25, 0.3) is 0 Å². The van der Waals surface area contributed by atoms with Gasteiger partial charge >= 0.3 is 0 Å². The lowest BCUT2D eigenvalue weighted by molar-refractivity contribution is -0.117. The number of hydrogen-bond donors (Lipinski definition) is 1.